The third-order valence-electron chi connectivity index (χ3n) is 2.29. The molecule has 2 aromatic rings. The van der Waals surface area contributed by atoms with E-state index in [4.69, 9.17) is 21.1 Å². The van der Waals surface area contributed by atoms with Crippen LogP contribution >= 0.6 is 11.6 Å². The van der Waals surface area contributed by atoms with Crippen molar-refractivity contribution in [3.8, 4) is 11.5 Å². The lowest BCUT2D eigenvalue weighted by Crippen LogP contribution is -1.98. The van der Waals surface area contributed by atoms with Gasteiger partial charge in [-0.05, 0) is 24.6 Å². The number of hydrogen-bond donors (Lipinski definition) is 0. The number of rotatable bonds is 5. The number of halogens is 1. The maximum atomic E-state index is 6.15. The fourth-order valence-corrected chi connectivity index (χ4v) is 1.76. The Hall–Kier alpha value is -2.08. The zero-order valence-corrected chi connectivity index (χ0v) is 11.3. The van der Waals surface area contributed by atoms with Crippen LogP contribution in [0.3, 0.4) is 0 Å². The molecule has 1 aromatic heterocycles. The third kappa shape index (κ3) is 3.23. The Morgan fingerprint density at radius 3 is 2.74 bits per heavy atom. The lowest BCUT2D eigenvalue weighted by molar-refractivity contribution is 0.311. The van der Waals surface area contributed by atoms with Gasteiger partial charge in [0.1, 0.15) is 12.7 Å². The molecule has 0 spiro atoms. The summed E-state index contributed by atoms with van der Waals surface area (Å²) in [6.45, 7) is 2.40. The number of nitrogens with zero attached hydrogens (tertiary/aromatic N) is 4. The summed E-state index contributed by atoms with van der Waals surface area (Å²) in [6, 6.07) is 3.55. The summed E-state index contributed by atoms with van der Waals surface area (Å²) in [4.78, 5) is 0. The predicted molar refractivity (Wildman–Crippen MR) is 72.2 cm³/mol. The van der Waals surface area contributed by atoms with Crippen molar-refractivity contribution in [1.82, 2.24) is 14.9 Å². The van der Waals surface area contributed by atoms with Crippen molar-refractivity contribution in [2.24, 2.45) is 5.10 Å². The van der Waals surface area contributed by atoms with Crippen LogP contribution < -0.4 is 9.47 Å². The van der Waals surface area contributed by atoms with Crippen molar-refractivity contribution in [3.05, 3.63) is 35.4 Å². The van der Waals surface area contributed by atoms with E-state index in [9.17, 15) is 0 Å². The lowest BCUT2D eigenvalue weighted by atomic mass is 10.2. The van der Waals surface area contributed by atoms with Crippen LogP contribution in [0.25, 0.3) is 0 Å². The molecule has 0 saturated heterocycles. The second-order valence-electron chi connectivity index (χ2n) is 3.55. The van der Waals surface area contributed by atoms with E-state index in [0.717, 1.165) is 5.56 Å². The minimum atomic E-state index is 0.478. The Kier molecular flexibility index (Phi) is 4.35. The first-order chi connectivity index (χ1) is 9.24. The van der Waals surface area contributed by atoms with Gasteiger partial charge in [-0.15, -0.1) is 10.2 Å². The average molecular weight is 281 g/mol. The van der Waals surface area contributed by atoms with E-state index >= 15 is 0 Å². The molecule has 0 aliphatic heterocycles. The number of methoxy groups -OCH3 is 1. The van der Waals surface area contributed by atoms with Crippen LogP contribution in [0.1, 0.15) is 12.5 Å². The topological polar surface area (TPSA) is 61.5 Å². The average Bonchev–Trinajstić information content (AvgIpc) is 2.92. The maximum Gasteiger partial charge on any atom is 0.179 e. The van der Waals surface area contributed by atoms with E-state index in [2.05, 4.69) is 15.3 Å². The summed E-state index contributed by atoms with van der Waals surface area (Å²) in [6.07, 6.45) is 4.61. The van der Waals surface area contributed by atoms with Crippen molar-refractivity contribution in [3.63, 3.8) is 0 Å². The van der Waals surface area contributed by atoms with Gasteiger partial charge in [-0.25, -0.2) is 4.68 Å². The van der Waals surface area contributed by atoms with Crippen LogP contribution in [-0.2, 0) is 0 Å². The molecule has 1 aromatic carbocycles. The van der Waals surface area contributed by atoms with Crippen LogP contribution in [0.4, 0.5) is 0 Å². The van der Waals surface area contributed by atoms with Crippen molar-refractivity contribution in [2.45, 2.75) is 6.92 Å². The Morgan fingerprint density at radius 2 is 2.11 bits per heavy atom. The Balaban J connectivity index is 2.30. The molecule has 0 aliphatic rings. The summed E-state index contributed by atoms with van der Waals surface area (Å²) < 4.78 is 12.2. The van der Waals surface area contributed by atoms with Gasteiger partial charge in [0.15, 0.2) is 11.5 Å². The molecule has 0 atom stereocenters. The maximum absolute atomic E-state index is 6.15. The summed E-state index contributed by atoms with van der Waals surface area (Å²) in [7, 11) is 1.56. The number of hydrogen-bond acceptors (Lipinski definition) is 5. The molecule has 7 heteroatoms. The number of aromatic nitrogens is 3. The van der Waals surface area contributed by atoms with Gasteiger partial charge >= 0.3 is 0 Å². The van der Waals surface area contributed by atoms with E-state index in [0.29, 0.717) is 23.1 Å². The van der Waals surface area contributed by atoms with Crippen LogP contribution in [0.5, 0.6) is 11.5 Å². The minimum absolute atomic E-state index is 0.478. The van der Waals surface area contributed by atoms with Gasteiger partial charge in [0.2, 0.25) is 0 Å². The van der Waals surface area contributed by atoms with E-state index in [1.165, 1.54) is 17.3 Å². The SMILES string of the molecule is CCOc1c(Cl)cc(/C=N\n2cnnc2)cc1OC. The van der Waals surface area contributed by atoms with E-state index in [-0.39, 0.29) is 0 Å². The molecular weight excluding hydrogens is 268 g/mol. The van der Waals surface area contributed by atoms with Gasteiger partial charge in [-0.3, -0.25) is 0 Å². The molecule has 0 bridgehead atoms. The molecule has 0 aliphatic carbocycles. The van der Waals surface area contributed by atoms with Crippen molar-refractivity contribution >= 4 is 17.8 Å². The highest BCUT2D eigenvalue weighted by Crippen LogP contribution is 2.35. The fourth-order valence-electron chi connectivity index (χ4n) is 1.49. The zero-order valence-electron chi connectivity index (χ0n) is 10.6. The van der Waals surface area contributed by atoms with Gasteiger partial charge < -0.3 is 9.47 Å². The summed E-state index contributed by atoms with van der Waals surface area (Å²) in [5.41, 5.74) is 0.791. The van der Waals surface area contributed by atoms with Crippen LogP contribution in [0.15, 0.2) is 29.9 Å². The molecule has 0 radical (unpaired) electrons. The third-order valence-corrected chi connectivity index (χ3v) is 2.57. The highest BCUT2D eigenvalue weighted by molar-refractivity contribution is 6.32. The first-order valence-electron chi connectivity index (χ1n) is 5.64. The van der Waals surface area contributed by atoms with E-state index in [1.807, 2.05) is 6.92 Å². The van der Waals surface area contributed by atoms with Crippen LogP contribution in [0.2, 0.25) is 5.02 Å². The smallest absolute Gasteiger partial charge is 0.179 e. The van der Waals surface area contributed by atoms with Crippen LogP contribution in [-0.4, -0.2) is 34.8 Å². The molecular formula is C12H13ClN4O2. The molecule has 100 valence electrons. The first kappa shape index (κ1) is 13.4. The number of ether oxygens (including phenoxy) is 2. The van der Waals surface area contributed by atoms with Crippen molar-refractivity contribution in [2.75, 3.05) is 13.7 Å². The first-order valence-corrected chi connectivity index (χ1v) is 6.01. The molecule has 6 nitrogen and oxygen atoms in total. The molecule has 1 heterocycles. The molecule has 2 rings (SSSR count). The van der Waals surface area contributed by atoms with Gasteiger partial charge in [0, 0.05) is 0 Å². The van der Waals surface area contributed by atoms with Crippen LogP contribution in [0, 0.1) is 0 Å². The zero-order chi connectivity index (χ0) is 13.7. The standard InChI is InChI=1S/C12H13ClN4O2/c1-3-19-12-10(13)4-9(5-11(12)18-2)6-16-17-7-14-15-8-17/h4-8H,3H2,1-2H3/b16-6-. The molecule has 0 fully saturated rings. The molecule has 0 N–H and O–H groups in total. The molecule has 0 unspecified atom stereocenters. The second kappa shape index (κ2) is 6.19. The summed E-state index contributed by atoms with van der Waals surface area (Å²) in [5.74, 6) is 1.10. The Labute approximate surface area is 115 Å². The largest absolute Gasteiger partial charge is 0.493 e. The predicted octanol–water partition coefficient (Wildman–Crippen LogP) is 2.22. The van der Waals surface area contributed by atoms with Gasteiger partial charge in [-0.2, -0.15) is 5.10 Å². The van der Waals surface area contributed by atoms with E-state index < -0.39 is 0 Å². The van der Waals surface area contributed by atoms with Gasteiger partial charge in [0.05, 0.1) is 25.0 Å². The highest BCUT2D eigenvalue weighted by Gasteiger charge is 2.10. The van der Waals surface area contributed by atoms with E-state index in [1.54, 1.807) is 25.5 Å². The van der Waals surface area contributed by atoms with Gasteiger partial charge in [0.25, 0.3) is 0 Å². The van der Waals surface area contributed by atoms with Gasteiger partial charge in [-0.1, -0.05) is 11.6 Å². The quantitative estimate of drug-likeness (QED) is 0.788. The highest BCUT2D eigenvalue weighted by atomic mass is 35.5. The summed E-state index contributed by atoms with van der Waals surface area (Å²) >= 11 is 6.15. The normalized spacial score (nSPS) is 10.9. The molecule has 19 heavy (non-hydrogen) atoms. The lowest BCUT2D eigenvalue weighted by Gasteiger charge is -2.11. The Morgan fingerprint density at radius 1 is 1.37 bits per heavy atom. The minimum Gasteiger partial charge on any atom is -0.493 e. The fraction of sp³-hybridized carbons (Fsp3) is 0.250. The van der Waals surface area contributed by atoms with Crippen molar-refractivity contribution < 1.29 is 9.47 Å². The van der Waals surface area contributed by atoms with Crippen molar-refractivity contribution in [1.29, 1.82) is 0 Å². The summed E-state index contributed by atoms with van der Waals surface area (Å²) in [5, 5.41) is 11.9. The molecule has 0 amide bonds. The monoisotopic (exact) mass is 280 g/mol. The second-order valence-corrected chi connectivity index (χ2v) is 3.96. The molecule has 0 saturated carbocycles. The number of benzene rings is 1. The Bertz CT molecular complexity index is 569.